The van der Waals surface area contributed by atoms with Crippen molar-refractivity contribution in [3.8, 4) is 78.7 Å². The van der Waals surface area contributed by atoms with Gasteiger partial charge in [0.25, 0.3) is 0 Å². The van der Waals surface area contributed by atoms with Crippen LogP contribution in [-0.4, -0.2) is 15.0 Å². The van der Waals surface area contributed by atoms with Gasteiger partial charge in [-0.3, -0.25) is 0 Å². The van der Waals surface area contributed by atoms with Crippen LogP contribution in [-0.2, 0) is 10.8 Å². The van der Waals surface area contributed by atoms with Crippen LogP contribution in [0.1, 0.15) is 47.2 Å². The lowest BCUT2D eigenvalue weighted by molar-refractivity contribution is 0.660. The smallest absolute Gasteiger partial charge is 0.164 e. The molecule has 0 aliphatic heterocycles. The largest absolute Gasteiger partial charge is 0.208 e. The van der Waals surface area contributed by atoms with E-state index in [1.165, 1.54) is 66.8 Å². The van der Waals surface area contributed by atoms with Crippen LogP contribution in [0.25, 0.3) is 78.7 Å². The van der Waals surface area contributed by atoms with Crippen LogP contribution in [0.2, 0.25) is 0 Å². The van der Waals surface area contributed by atoms with Crippen LogP contribution in [0.3, 0.4) is 0 Å². The van der Waals surface area contributed by atoms with Crippen LogP contribution in [0, 0.1) is 0 Å². The summed E-state index contributed by atoms with van der Waals surface area (Å²) in [5.74, 6) is 1.97. The molecule has 0 saturated carbocycles. The van der Waals surface area contributed by atoms with E-state index in [4.69, 9.17) is 15.0 Å². The Labute approximate surface area is 338 Å². The highest BCUT2D eigenvalue weighted by Crippen LogP contribution is 2.64. The van der Waals surface area contributed by atoms with Gasteiger partial charge in [-0.1, -0.05) is 196 Å². The Balaban J connectivity index is 1.13. The van der Waals surface area contributed by atoms with Crippen LogP contribution in [0.5, 0.6) is 0 Å². The van der Waals surface area contributed by atoms with Gasteiger partial charge in [0, 0.05) is 22.1 Å². The molecule has 0 N–H and O–H groups in total. The summed E-state index contributed by atoms with van der Waals surface area (Å²) in [5, 5.41) is 0. The Morgan fingerprint density at radius 1 is 0.293 bits per heavy atom. The summed E-state index contributed by atoms with van der Waals surface area (Å²) < 4.78 is 0. The van der Waals surface area contributed by atoms with Gasteiger partial charge in [-0.25, -0.2) is 15.0 Å². The minimum atomic E-state index is -0.464. The Morgan fingerprint density at radius 3 is 1.41 bits per heavy atom. The molecule has 9 aromatic rings. The zero-order chi connectivity index (χ0) is 38.6. The Morgan fingerprint density at radius 2 is 0.741 bits per heavy atom. The first-order valence-corrected chi connectivity index (χ1v) is 20.1. The molecule has 3 aliphatic carbocycles. The van der Waals surface area contributed by atoms with Crippen molar-refractivity contribution >= 4 is 0 Å². The quantitative estimate of drug-likeness (QED) is 0.180. The highest BCUT2D eigenvalue weighted by molar-refractivity contribution is 5.99. The molecule has 0 radical (unpaired) electrons. The molecule has 0 amide bonds. The lowest BCUT2D eigenvalue weighted by Crippen LogP contribution is -2.25. The summed E-state index contributed by atoms with van der Waals surface area (Å²) in [6.07, 6.45) is 0. The second-order valence-corrected chi connectivity index (χ2v) is 16.3. The molecule has 58 heavy (non-hydrogen) atoms. The molecule has 1 heterocycles. The Hall–Kier alpha value is -7.23. The molecule has 0 unspecified atom stereocenters. The minimum absolute atomic E-state index is 0.160. The van der Waals surface area contributed by atoms with Crippen molar-refractivity contribution in [1.82, 2.24) is 15.0 Å². The van der Waals surface area contributed by atoms with Gasteiger partial charge in [0.1, 0.15) is 0 Å². The molecule has 0 atom stereocenters. The molecule has 12 rings (SSSR count). The standard InChI is InChI=1S/C55H37N3/c1-54(2)44-26-12-8-20-37(44)40-32-31-35(33-49(40)54)51-56-52(41-23-7-6-19-36(41)34-17-4-3-5-18-34)58-53(57-51)43-25-16-30-48-50(43)42-24-11-15-29-47(42)55(48)45-27-13-9-21-38(45)39-22-10-14-28-46(39)55/h3-33H,1-2H3. The third kappa shape index (κ3) is 4.41. The normalized spacial score (nSPS) is 14.3. The maximum atomic E-state index is 5.46. The average molecular weight is 740 g/mol. The van der Waals surface area contributed by atoms with Crippen LogP contribution in [0.4, 0.5) is 0 Å². The van der Waals surface area contributed by atoms with Gasteiger partial charge in [0.15, 0.2) is 17.5 Å². The molecule has 0 fully saturated rings. The summed E-state index contributed by atoms with van der Waals surface area (Å²) in [6.45, 7) is 4.64. The zero-order valence-corrected chi connectivity index (χ0v) is 32.2. The number of fused-ring (bicyclic) bond motifs is 13. The molecule has 0 saturated heterocycles. The van der Waals surface area contributed by atoms with Gasteiger partial charge in [-0.15, -0.1) is 0 Å². The number of nitrogens with zero attached hydrogens (tertiary/aromatic N) is 3. The lowest BCUT2D eigenvalue weighted by Gasteiger charge is -2.30. The summed E-state index contributed by atoms with van der Waals surface area (Å²) in [7, 11) is 0. The number of benzene rings is 8. The predicted octanol–water partition coefficient (Wildman–Crippen LogP) is 13.2. The van der Waals surface area contributed by atoms with Gasteiger partial charge in [0.05, 0.1) is 5.41 Å². The van der Waals surface area contributed by atoms with Crippen molar-refractivity contribution in [2.45, 2.75) is 24.7 Å². The van der Waals surface area contributed by atoms with E-state index in [0.717, 1.165) is 27.8 Å². The molecule has 3 heteroatoms. The number of rotatable bonds is 4. The van der Waals surface area contributed by atoms with Gasteiger partial charge < -0.3 is 0 Å². The average Bonchev–Trinajstić information content (AvgIpc) is 3.85. The zero-order valence-electron chi connectivity index (χ0n) is 32.2. The molecule has 3 nitrogen and oxygen atoms in total. The number of aromatic nitrogens is 3. The topological polar surface area (TPSA) is 38.7 Å². The molecule has 0 bridgehead atoms. The van der Waals surface area contributed by atoms with E-state index >= 15 is 0 Å². The highest BCUT2D eigenvalue weighted by Gasteiger charge is 2.52. The highest BCUT2D eigenvalue weighted by atomic mass is 15.0. The van der Waals surface area contributed by atoms with E-state index in [2.05, 4.69) is 202 Å². The summed E-state index contributed by atoms with van der Waals surface area (Å²) in [6, 6.07) is 68.1. The van der Waals surface area contributed by atoms with Crippen molar-refractivity contribution in [2.75, 3.05) is 0 Å². The van der Waals surface area contributed by atoms with Crippen molar-refractivity contribution in [2.24, 2.45) is 0 Å². The lowest BCUT2D eigenvalue weighted by atomic mass is 9.70. The monoisotopic (exact) mass is 739 g/mol. The fraction of sp³-hybridized carbons (Fsp3) is 0.0727. The maximum Gasteiger partial charge on any atom is 0.164 e. The van der Waals surface area contributed by atoms with Crippen molar-refractivity contribution < 1.29 is 0 Å². The van der Waals surface area contributed by atoms with E-state index in [-0.39, 0.29) is 5.41 Å². The fourth-order valence-electron chi connectivity index (χ4n) is 10.5. The maximum absolute atomic E-state index is 5.46. The van der Waals surface area contributed by atoms with E-state index in [1.54, 1.807) is 0 Å². The van der Waals surface area contributed by atoms with Crippen molar-refractivity contribution in [1.29, 1.82) is 0 Å². The summed E-state index contributed by atoms with van der Waals surface area (Å²) in [5.41, 5.74) is 19.9. The Bertz CT molecular complexity index is 3110. The Kier molecular flexibility index (Phi) is 6.90. The molecule has 272 valence electrons. The van der Waals surface area contributed by atoms with E-state index < -0.39 is 5.41 Å². The fourth-order valence-corrected chi connectivity index (χ4v) is 10.5. The summed E-state index contributed by atoms with van der Waals surface area (Å²) >= 11 is 0. The molecular formula is C55H37N3. The predicted molar refractivity (Wildman–Crippen MR) is 235 cm³/mol. The van der Waals surface area contributed by atoms with Crippen LogP contribution < -0.4 is 0 Å². The first kappa shape index (κ1) is 33.0. The molecule has 8 aromatic carbocycles. The molecule has 3 aliphatic rings. The first-order valence-electron chi connectivity index (χ1n) is 20.1. The van der Waals surface area contributed by atoms with E-state index in [1.807, 2.05) is 0 Å². The number of hydrogen-bond acceptors (Lipinski definition) is 3. The number of hydrogen-bond donors (Lipinski definition) is 0. The van der Waals surface area contributed by atoms with Crippen molar-refractivity contribution in [3.63, 3.8) is 0 Å². The third-order valence-corrected chi connectivity index (χ3v) is 13.0. The van der Waals surface area contributed by atoms with Gasteiger partial charge in [0.2, 0.25) is 0 Å². The second-order valence-electron chi connectivity index (χ2n) is 16.3. The van der Waals surface area contributed by atoms with Gasteiger partial charge >= 0.3 is 0 Å². The van der Waals surface area contributed by atoms with Gasteiger partial charge in [-0.2, -0.15) is 0 Å². The second kappa shape index (κ2) is 12.1. The van der Waals surface area contributed by atoms with Crippen molar-refractivity contribution in [3.05, 3.63) is 221 Å². The summed E-state index contributed by atoms with van der Waals surface area (Å²) in [4.78, 5) is 16.3. The SMILES string of the molecule is CC1(C)c2ccccc2-c2ccc(-c3nc(-c4ccccc4-c4ccccc4)nc(-c4cccc5c4-c4ccccc4C54c5ccccc5-c5ccccc54)n3)cc21. The molecule has 1 spiro atoms. The third-order valence-electron chi connectivity index (χ3n) is 13.0. The van der Waals surface area contributed by atoms with Crippen LogP contribution >= 0.6 is 0 Å². The molecule has 1 aromatic heterocycles. The van der Waals surface area contributed by atoms with E-state index in [9.17, 15) is 0 Å². The van der Waals surface area contributed by atoms with Gasteiger partial charge in [-0.05, 0) is 84.0 Å². The van der Waals surface area contributed by atoms with E-state index in [0.29, 0.717) is 17.5 Å². The minimum Gasteiger partial charge on any atom is -0.208 e. The first-order chi connectivity index (χ1) is 28.5. The van der Waals surface area contributed by atoms with Crippen LogP contribution in [0.15, 0.2) is 188 Å². The molecular weight excluding hydrogens is 703 g/mol.